The summed E-state index contributed by atoms with van der Waals surface area (Å²) in [6, 6.07) is 9.76. The van der Waals surface area contributed by atoms with Crippen molar-refractivity contribution in [1.82, 2.24) is 14.8 Å². The molecule has 8 heteroatoms. The third-order valence-electron chi connectivity index (χ3n) is 5.59. The van der Waals surface area contributed by atoms with Crippen LogP contribution in [-0.4, -0.2) is 40.4 Å². The summed E-state index contributed by atoms with van der Waals surface area (Å²) in [6.07, 6.45) is 1.77. The summed E-state index contributed by atoms with van der Waals surface area (Å²) in [5, 5.41) is 15.6. The summed E-state index contributed by atoms with van der Waals surface area (Å²) in [4.78, 5) is 4.80. The molecule has 1 aromatic carbocycles. The molecule has 0 fully saturated rings. The van der Waals surface area contributed by atoms with Gasteiger partial charge in [0.1, 0.15) is 12.4 Å². The normalized spacial score (nSPS) is 13.1. The van der Waals surface area contributed by atoms with Gasteiger partial charge in [0, 0.05) is 4.47 Å². The Balaban J connectivity index is 1.91. The van der Waals surface area contributed by atoms with Crippen molar-refractivity contribution < 1.29 is 14.3 Å². The number of pyridine rings is 1. The summed E-state index contributed by atoms with van der Waals surface area (Å²) in [5.74, 6) is 1.38. The lowest BCUT2D eigenvalue weighted by molar-refractivity contribution is 0.0290. The summed E-state index contributed by atoms with van der Waals surface area (Å²) < 4.78 is 14.9. The Bertz CT molecular complexity index is 1070. The third-order valence-corrected chi connectivity index (χ3v) is 10.5. The average Bonchev–Trinajstić information content (AvgIpc) is 3.07. The molecule has 0 unspecified atom stereocenters. The van der Waals surface area contributed by atoms with Gasteiger partial charge in [0.05, 0.1) is 35.0 Å². The Labute approximate surface area is 193 Å². The van der Waals surface area contributed by atoms with Gasteiger partial charge in [-0.2, -0.15) is 5.10 Å². The number of halogens is 1. The van der Waals surface area contributed by atoms with Crippen LogP contribution < -0.4 is 4.74 Å². The van der Waals surface area contributed by atoms with Crippen molar-refractivity contribution in [2.24, 2.45) is 0 Å². The van der Waals surface area contributed by atoms with Crippen LogP contribution in [0.2, 0.25) is 18.1 Å². The van der Waals surface area contributed by atoms with Gasteiger partial charge in [0.25, 0.3) is 0 Å². The molecule has 0 saturated heterocycles. The van der Waals surface area contributed by atoms with Gasteiger partial charge in [-0.3, -0.25) is 0 Å². The Morgan fingerprint density at radius 2 is 1.84 bits per heavy atom. The van der Waals surface area contributed by atoms with E-state index >= 15 is 0 Å². The number of rotatable bonds is 7. The first kappa shape index (κ1) is 23.9. The van der Waals surface area contributed by atoms with Crippen molar-refractivity contribution >= 4 is 35.2 Å². The lowest BCUT2D eigenvalue weighted by atomic mass is 10.1. The average molecular weight is 507 g/mol. The van der Waals surface area contributed by atoms with E-state index in [0.29, 0.717) is 12.4 Å². The van der Waals surface area contributed by atoms with Crippen molar-refractivity contribution in [2.45, 2.75) is 65.0 Å². The smallest absolute Gasteiger partial charge is 0.192 e. The highest BCUT2D eigenvalue weighted by Crippen LogP contribution is 2.37. The quantitative estimate of drug-likeness (QED) is 0.407. The Morgan fingerprint density at radius 3 is 2.48 bits per heavy atom. The fraction of sp³-hybridized carbons (Fsp3) is 0.478. The van der Waals surface area contributed by atoms with Gasteiger partial charge >= 0.3 is 0 Å². The molecule has 0 bridgehead atoms. The minimum Gasteiger partial charge on any atom is -0.490 e. The van der Waals surface area contributed by atoms with E-state index in [1.54, 1.807) is 24.7 Å². The minimum absolute atomic E-state index is 0.147. The zero-order valence-electron chi connectivity index (χ0n) is 19.4. The number of aromatic nitrogens is 3. The van der Waals surface area contributed by atoms with E-state index < -0.39 is 13.9 Å². The number of hydrogen-bond donors (Lipinski definition) is 1. The van der Waals surface area contributed by atoms with Crippen LogP contribution in [-0.2, 0) is 11.0 Å². The monoisotopic (exact) mass is 505 g/mol. The van der Waals surface area contributed by atoms with Gasteiger partial charge in [0.2, 0.25) is 0 Å². The van der Waals surface area contributed by atoms with Crippen molar-refractivity contribution in [3.63, 3.8) is 0 Å². The third kappa shape index (κ3) is 5.74. The molecule has 31 heavy (non-hydrogen) atoms. The lowest BCUT2D eigenvalue weighted by Crippen LogP contribution is -2.40. The highest BCUT2D eigenvalue weighted by Gasteiger charge is 2.37. The van der Waals surface area contributed by atoms with Crippen molar-refractivity contribution in [3.05, 3.63) is 46.7 Å². The van der Waals surface area contributed by atoms with Gasteiger partial charge in [0.15, 0.2) is 14.1 Å². The maximum atomic E-state index is 10.0. The van der Waals surface area contributed by atoms with Crippen LogP contribution in [0.4, 0.5) is 0 Å². The second-order valence-electron chi connectivity index (χ2n) is 10.0. The SMILES string of the molecule is CC(C)(O)COc1cc(Br)cc2c1cnn2-c1cccc(CO[Si](C)(C)C(C)(C)C)n1. The van der Waals surface area contributed by atoms with Crippen LogP contribution in [0.5, 0.6) is 5.75 Å². The molecule has 0 aliphatic carbocycles. The maximum absolute atomic E-state index is 10.0. The zero-order valence-corrected chi connectivity index (χ0v) is 21.9. The minimum atomic E-state index is -1.86. The molecule has 2 heterocycles. The molecule has 0 radical (unpaired) electrons. The van der Waals surface area contributed by atoms with E-state index in [1.165, 1.54) is 0 Å². The molecule has 3 aromatic rings. The largest absolute Gasteiger partial charge is 0.490 e. The molecule has 0 atom stereocenters. The summed E-state index contributed by atoms with van der Waals surface area (Å²) >= 11 is 3.56. The van der Waals surface area contributed by atoms with Crippen molar-refractivity contribution in [3.8, 4) is 11.6 Å². The fourth-order valence-electron chi connectivity index (χ4n) is 2.75. The molecular formula is C23H32BrN3O3Si. The number of aliphatic hydroxyl groups is 1. The predicted octanol–water partition coefficient (Wildman–Crippen LogP) is 5.85. The molecule has 0 amide bonds. The first-order valence-electron chi connectivity index (χ1n) is 10.4. The topological polar surface area (TPSA) is 69.4 Å². The van der Waals surface area contributed by atoms with Gasteiger partial charge in [-0.05, 0) is 56.2 Å². The molecule has 6 nitrogen and oxygen atoms in total. The van der Waals surface area contributed by atoms with E-state index in [1.807, 2.05) is 30.3 Å². The van der Waals surface area contributed by atoms with E-state index in [-0.39, 0.29) is 11.6 Å². The van der Waals surface area contributed by atoms with Crippen LogP contribution in [0.1, 0.15) is 40.3 Å². The molecule has 0 spiro atoms. The standard InChI is InChI=1S/C23H32BrN3O3Si/c1-22(2,3)31(6,7)30-14-17-9-8-10-21(26-17)27-19-11-16(24)12-20(18(19)13-25-27)29-15-23(4,5)28/h8-13,28H,14-15H2,1-7H3. The molecule has 1 N–H and O–H groups in total. The van der Waals surface area contributed by atoms with Gasteiger partial charge < -0.3 is 14.3 Å². The molecule has 0 saturated carbocycles. The Morgan fingerprint density at radius 1 is 1.13 bits per heavy atom. The van der Waals surface area contributed by atoms with Gasteiger partial charge in [-0.15, -0.1) is 0 Å². The Kier molecular flexibility index (Phi) is 6.67. The predicted molar refractivity (Wildman–Crippen MR) is 130 cm³/mol. The van der Waals surface area contributed by atoms with E-state index in [4.69, 9.17) is 14.1 Å². The highest BCUT2D eigenvalue weighted by atomic mass is 79.9. The van der Waals surface area contributed by atoms with E-state index in [2.05, 4.69) is 54.9 Å². The molecule has 168 valence electrons. The van der Waals surface area contributed by atoms with Crippen LogP contribution >= 0.6 is 15.9 Å². The van der Waals surface area contributed by atoms with Crippen LogP contribution in [0.25, 0.3) is 16.7 Å². The molecule has 0 aliphatic heterocycles. The van der Waals surface area contributed by atoms with Crippen LogP contribution in [0.15, 0.2) is 41.0 Å². The maximum Gasteiger partial charge on any atom is 0.192 e. The fourth-order valence-corrected chi connectivity index (χ4v) is 4.12. The lowest BCUT2D eigenvalue weighted by Gasteiger charge is -2.36. The number of benzene rings is 1. The number of fused-ring (bicyclic) bond motifs is 1. The zero-order chi connectivity index (χ0) is 23.0. The van der Waals surface area contributed by atoms with Gasteiger partial charge in [-0.1, -0.05) is 42.8 Å². The number of nitrogens with zero attached hydrogens (tertiary/aromatic N) is 3. The van der Waals surface area contributed by atoms with Crippen LogP contribution in [0.3, 0.4) is 0 Å². The first-order valence-corrected chi connectivity index (χ1v) is 14.1. The molecular weight excluding hydrogens is 474 g/mol. The molecule has 0 aliphatic rings. The van der Waals surface area contributed by atoms with E-state index in [0.717, 1.165) is 26.9 Å². The second kappa shape index (κ2) is 8.65. The van der Waals surface area contributed by atoms with Crippen molar-refractivity contribution in [1.29, 1.82) is 0 Å². The number of hydrogen-bond acceptors (Lipinski definition) is 5. The first-order chi connectivity index (χ1) is 14.3. The van der Waals surface area contributed by atoms with E-state index in [9.17, 15) is 5.11 Å². The second-order valence-corrected chi connectivity index (χ2v) is 15.8. The summed E-state index contributed by atoms with van der Waals surface area (Å²) in [7, 11) is -1.86. The molecule has 2 aromatic heterocycles. The summed E-state index contributed by atoms with van der Waals surface area (Å²) in [5.41, 5.74) is 0.819. The number of ether oxygens (including phenoxy) is 1. The van der Waals surface area contributed by atoms with Crippen LogP contribution in [0, 0.1) is 0 Å². The molecule has 3 rings (SSSR count). The van der Waals surface area contributed by atoms with Gasteiger partial charge in [-0.25, -0.2) is 9.67 Å². The highest BCUT2D eigenvalue weighted by molar-refractivity contribution is 9.10. The van der Waals surface area contributed by atoms with Crippen molar-refractivity contribution in [2.75, 3.05) is 6.61 Å². The summed E-state index contributed by atoms with van der Waals surface area (Å²) in [6.45, 7) is 15.3. The Hall–Kier alpha value is -1.74.